The molecule has 5 rings (SSSR count). The van der Waals surface area contributed by atoms with Gasteiger partial charge in [0, 0.05) is 0 Å². The number of rotatable bonds is 3. The normalized spacial score (nSPS) is 13.6. The quantitative estimate of drug-likeness (QED) is 0.444. The molecule has 0 aliphatic heterocycles. The maximum Gasteiger partial charge on any atom is 0.336 e. The molecule has 0 spiro atoms. The van der Waals surface area contributed by atoms with Gasteiger partial charge in [0.2, 0.25) is 0 Å². The molecular weight excluding hydrogens is 344 g/mol. The van der Waals surface area contributed by atoms with Gasteiger partial charge in [0.15, 0.2) is 0 Å². The molecule has 134 valence electrons. The molecule has 4 aromatic carbocycles. The summed E-state index contributed by atoms with van der Waals surface area (Å²) >= 11 is 0. The molecule has 0 saturated heterocycles. The van der Waals surface area contributed by atoms with Crippen LogP contribution < -0.4 is 0 Å². The van der Waals surface area contributed by atoms with Gasteiger partial charge in [-0.1, -0.05) is 97.1 Å². The van der Waals surface area contributed by atoms with Crippen LogP contribution >= 0.6 is 0 Å². The predicted octanol–water partition coefficient (Wildman–Crippen LogP) is 5.75. The number of fused-ring (bicyclic) bond motifs is 3. The molecule has 1 aliphatic rings. The lowest BCUT2D eigenvalue weighted by Crippen LogP contribution is -2.30. The van der Waals surface area contributed by atoms with E-state index in [1.54, 1.807) is 6.07 Å². The Labute approximate surface area is 163 Å². The minimum absolute atomic E-state index is 0.349. The Bertz CT molecular complexity index is 1140. The molecule has 0 aromatic heterocycles. The van der Waals surface area contributed by atoms with Crippen molar-refractivity contribution in [2.45, 2.75) is 5.41 Å². The van der Waals surface area contributed by atoms with Gasteiger partial charge in [-0.3, -0.25) is 0 Å². The molecule has 0 fully saturated rings. The summed E-state index contributed by atoms with van der Waals surface area (Å²) in [5, 5.41) is 10.1. The molecule has 0 bridgehead atoms. The van der Waals surface area contributed by atoms with E-state index >= 15 is 0 Å². The lowest BCUT2D eigenvalue weighted by molar-refractivity contribution is 0.0695. The van der Waals surface area contributed by atoms with Gasteiger partial charge in [-0.25, -0.2) is 4.79 Å². The van der Waals surface area contributed by atoms with Gasteiger partial charge < -0.3 is 5.11 Å². The maximum absolute atomic E-state index is 12.3. The summed E-state index contributed by atoms with van der Waals surface area (Å²) in [7, 11) is 0. The van der Waals surface area contributed by atoms with Crippen molar-refractivity contribution in [1.82, 2.24) is 0 Å². The molecule has 2 heteroatoms. The zero-order valence-corrected chi connectivity index (χ0v) is 15.2. The Balaban J connectivity index is 2.03. The highest BCUT2D eigenvalue weighted by atomic mass is 16.4. The van der Waals surface area contributed by atoms with Gasteiger partial charge >= 0.3 is 5.97 Å². The van der Waals surface area contributed by atoms with Crippen LogP contribution in [0.1, 0.15) is 32.6 Å². The fourth-order valence-electron chi connectivity index (χ4n) is 4.68. The fourth-order valence-corrected chi connectivity index (χ4v) is 4.68. The van der Waals surface area contributed by atoms with Gasteiger partial charge in [-0.2, -0.15) is 0 Å². The number of benzene rings is 4. The smallest absolute Gasteiger partial charge is 0.336 e. The number of aromatic carboxylic acids is 1. The topological polar surface area (TPSA) is 37.3 Å². The van der Waals surface area contributed by atoms with Crippen LogP contribution in [0.4, 0.5) is 0 Å². The Morgan fingerprint density at radius 1 is 0.607 bits per heavy atom. The number of hydrogen-bond acceptors (Lipinski definition) is 1. The van der Waals surface area contributed by atoms with E-state index < -0.39 is 11.4 Å². The fraction of sp³-hybridized carbons (Fsp3) is 0.0385. The van der Waals surface area contributed by atoms with E-state index in [0.29, 0.717) is 5.56 Å². The Morgan fingerprint density at radius 2 is 1.14 bits per heavy atom. The van der Waals surface area contributed by atoms with Crippen molar-refractivity contribution in [3.05, 3.63) is 131 Å². The summed E-state index contributed by atoms with van der Waals surface area (Å²) in [5.41, 5.74) is 5.88. The summed E-state index contributed by atoms with van der Waals surface area (Å²) in [6, 6.07) is 34.3. The first kappa shape index (κ1) is 16.5. The third-order valence-corrected chi connectivity index (χ3v) is 5.70. The first-order valence-corrected chi connectivity index (χ1v) is 9.32. The second-order valence-electron chi connectivity index (χ2n) is 7.06. The van der Waals surface area contributed by atoms with Crippen LogP contribution in [0.3, 0.4) is 0 Å². The van der Waals surface area contributed by atoms with Crippen molar-refractivity contribution in [3.63, 3.8) is 0 Å². The van der Waals surface area contributed by atoms with Crippen molar-refractivity contribution in [2.75, 3.05) is 0 Å². The number of carboxylic acid groups (broad SMARTS) is 1. The average Bonchev–Trinajstić information content (AvgIpc) is 3.06. The molecule has 0 amide bonds. The number of hydrogen-bond donors (Lipinski definition) is 1. The summed E-state index contributed by atoms with van der Waals surface area (Å²) < 4.78 is 0. The van der Waals surface area contributed by atoms with Gasteiger partial charge in [0.05, 0.1) is 11.0 Å². The van der Waals surface area contributed by atoms with E-state index in [1.807, 2.05) is 60.7 Å². The van der Waals surface area contributed by atoms with Crippen LogP contribution in [0.5, 0.6) is 0 Å². The maximum atomic E-state index is 12.3. The van der Waals surface area contributed by atoms with E-state index in [-0.39, 0.29) is 0 Å². The van der Waals surface area contributed by atoms with E-state index in [2.05, 4.69) is 36.4 Å². The predicted molar refractivity (Wildman–Crippen MR) is 111 cm³/mol. The second-order valence-corrected chi connectivity index (χ2v) is 7.06. The van der Waals surface area contributed by atoms with Crippen LogP contribution in [0.15, 0.2) is 103 Å². The van der Waals surface area contributed by atoms with Crippen molar-refractivity contribution in [1.29, 1.82) is 0 Å². The van der Waals surface area contributed by atoms with Gasteiger partial charge in [-0.15, -0.1) is 0 Å². The monoisotopic (exact) mass is 362 g/mol. The molecular formula is C26H18O2. The van der Waals surface area contributed by atoms with Crippen LogP contribution in [-0.2, 0) is 5.41 Å². The zero-order chi connectivity index (χ0) is 19.1. The first-order chi connectivity index (χ1) is 13.7. The molecule has 0 atom stereocenters. The SMILES string of the molecule is O=C(O)c1cccc2c1C(c1ccccc1)(c1ccccc1)c1ccccc1-2. The van der Waals surface area contributed by atoms with E-state index in [9.17, 15) is 9.90 Å². The third kappa shape index (κ3) is 2.12. The van der Waals surface area contributed by atoms with Gasteiger partial charge in [-0.05, 0) is 39.4 Å². The summed E-state index contributed by atoms with van der Waals surface area (Å²) in [4.78, 5) is 12.3. The average molecular weight is 362 g/mol. The van der Waals surface area contributed by atoms with Crippen molar-refractivity contribution >= 4 is 5.97 Å². The van der Waals surface area contributed by atoms with Crippen LogP contribution in [0.25, 0.3) is 11.1 Å². The molecule has 0 saturated carbocycles. The van der Waals surface area contributed by atoms with E-state index in [1.165, 1.54) is 0 Å². The number of carbonyl (C=O) groups is 1. The molecule has 1 N–H and O–H groups in total. The highest BCUT2D eigenvalue weighted by Crippen LogP contribution is 2.56. The van der Waals surface area contributed by atoms with Crippen molar-refractivity contribution in [3.8, 4) is 11.1 Å². The minimum Gasteiger partial charge on any atom is -0.478 e. The van der Waals surface area contributed by atoms with Crippen molar-refractivity contribution < 1.29 is 9.90 Å². The highest BCUT2D eigenvalue weighted by molar-refractivity contribution is 5.98. The minimum atomic E-state index is -0.902. The van der Waals surface area contributed by atoms with Gasteiger partial charge in [0.25, 0.3) is 0 Å². The Kier molecular flexibility index (Phi) is 3.66. The van der Waals surface area contributed by atoms with E-state index in [4.69, 9.17) is 0 Å². The van der Waals surface area contributed by atoms with Crippen LogP contribution in [0, 0.1) is 0 Å². The van der Waals surface area contributed by atoms with Crippen molar-refractivity contribution in [2.24, 2.45) is 0 Å². The molecule has 28 heavy (non-hydrogen) atoms. The third-order valence-electron chi connectivity index (χ3n) is 5.70. The highest BCUT2D eigenvalue weighted by Gasteiger charge is 2.48. The van der Waals surface area contributed by atoms with E-state index in [0.717, 1.165) is 33.4 Å². The van der Waals surface area contributed by atoms with Crippen LogP contribution in [0.2, 0.25) is 0 Å². The summed E-state index contributed by atoms with van der Waals surface area (Å²) in [5.74, 6) is -0.902. The van der Waals surface area contributed by atoms with Crippen LogP contribution in [-0.4, -0.2) is 11.1 Å². The molecule has 2 nitrogen and oxygen atoms in total. The molecule has 4 aromatic rings. The lowest BCUT2D eigenvalue weighted by Gasteiger charge is -2.34. The zero-order valence-electron chi connectivity index (χ0n) is 15.2. The molecule has 0 heterocycles. The largest absolute Gasteiger partial charge is 0.478 e. The Hall–Kier alpha value is -3.65. The standard InChI is InChI=1S/C26H18O2/c27-25(28)22-16-9-15-21-20-14-7-8-17-23(20)26(24(21)22,18-10-3-1-4-11-18)19-12-5-2-6-13-19/h1-17H,(H,27,28). The summed E-state index contributed by atoms with van der Waals surface area (Å²) in [6.45, 7) is 0. The number of carboxylic acids is 1. The molecule has 1 aliphatic carbocycles. The molecule has 0 radical (unpaired) electrons. The molecule has 0 unspecified atom stereocenters. The second kappa shape index (κ2) is 6.21. The lowest BCUT2D eigenvalue weighted by atomic mass is 9.66. The Morgan fingerprint density at radius 3 is 1.75 bits per heavy atom. The van der Waals surface area contributed by atoms with Gasteiger partial charge in [0.1, 0.15) is 0 Å². The summed E-state index contributed by atoms with van der Waals surface area (Å²) in [6.07, 6.45) is 0. The first-order valence-electron chi connectivity index (χ1n) is 9.32.